The fraction of sp³-hybridized carbons (Fsp3) is 0.500. The lowest BCUT2D eigenvalue weighted by Gasteiger charge is -2.04. The minimum Gasteiger partial charge on any atom is -0.467 e. The van der Waals surface area contributed by atoms with Crippen LogP contribution in [-0.4, -0.2) is 16.6 Å². The van der Waals surface area contributed by atoms with E-state index in [1.165, 1.54) is 0 Å². The Morgan fingerprint density at radius 1 is 1.73 bits per heavy atom. The smallest absolute Gasteiger partial charge is 0.133 e. The molecule has 1 unspecified atom stereocenters. The van der Waals surface area contributed by atoms with E-state index >= 15 is 0 Å². The van der Waals surface area contributed by atoms with E-state index in [0.29, 0.717) is 11.5 Å². The molecule has 1 rings (SSSR count). The molecule has 0 aliphatic rings. The molecule has 11 heavy (non-hydrogen) atoms. The first-order valence-corrected chi connectivity index (χ1v) is 4.79. The Morgan fingerprint density at radius 3 is 3.09 bits per heavy atom. The molecule has 1 N–H and O–H groups in total. The second-order valence-electron chi connectivity index (χ2n) is 2.19. The van der Waals surface area contributed by atoms with Crippen LogP contribution in [0.3, 0.4) is 0 Å². The van der Waals surface area contributed by atoms with Crippen LogP contribution in [0.5, 0.6) is 0 Å². The van der Waals surface area contributed by atoms with Crippen molar-refractivity contribution in [2.24, 2.45) is 0 Å². The zero-order chi connectivity index (χ0) is 8.10. The maximum absolute atomic E-state index is 9.43. The van der Waals surface area contributed by atoms with Crippen LogP contribution < -0.4 is 0 Å². The molecule has 2 nitrogen and oxygen atoms in total. The number of rotatable bonds is 4. The van der Waals surface area contributed by atoms with E-state index < -0.39 is 6.10 Å². The van der Waals surface area contributed by atoms with Crippen molar-refractivity contribution in [3.05, 3.63) is 24.2 Å². The van der Waals surface area contributed by atoms with Crippen molar-refractivity contribution in [2.75, 3.05) is 11.5 Å². The van der Waals surface area contributed by atoms with Gasteiger partial charge >= 0.3 is 0 Å². The number of aliphatic hydroxyl groups is 1. The average molecular weight is 172 g/mol. The van der Waals surface area contributed by atoms with Gasteiger partial charge in [-0.25, -0.2) is 0 Å². The third kappa shape index (κ3) is 2.60. The third-order valence-corrected chi connectivity index (χ3v) is 2.31. The minimum absolute atomic E-state index is 0.449. The zero-order valence-electron chi connectivity index (χ0n) is 6.49. The predicted molar refractivity (Wildman–Crippen MR) is 46.7 cm³/mol. The molecular weight excluding hydrogens is 160 g/mol. The molecule has 0 fully saturated rings. The van der Waals surface area contributed by atoms with Crippen molar-refractivity contribution in [1.82, 2.24) is 0 Å². The summed E-state index contributed by atoms with van der Waals surface area (Å²) in [5.74, 6) is 2.40. The van der Waals surface area contributed by atoms with Crippen LogP contribution in [0.1, 0.15) is 18.8 Å². The summed E-state index contributed by atoms with van der Waals surface area (Å²) in [7, 11) is 0. The quantitative estimate of drug-likeness (QED) is 0.754. The van der Waals surface area contributed by atoms with Crippen molar-refractivity contribution >= 4 is 11.8 Å². The monoisotopic (exact) mass is 172 g/mol. The lowest BCUT2D eigenvalue weighted by atomic mass is 10.3. The first-order valence-electron chi connectivity index (χ1n) is 3.63. The molecule has 0 aliphatic heterocycles. The van der Waals surface area contributed by atoms with E-state index in [9.17, 15) is 5.11 Å². The number of thioether (sulfide) groups is 1. The summed E-state index contributed by atoms with van der Waals surface area (Å²) in [6.07, 6.45) is 1.13. The van der Waals surface area contributed by atoms with Gasteiger partial charge in [0.05, 0.1) is 6.26 Å². The van der Waals surface area contributed by atoms with Crippen LogP contribution in [0.25, 0.3) is 0 Å². The molecule has 0 radical (unpaired) electrons. The highest BCUT2D eigenvalue weighted by Crippen LogP contribution is 2.17. The lowest BCUT2D eigenvalue weighted by molar-refractivity contribution is 0.174. The van der Waals surface area contributed by atoms with Gasteiger partial charge in [0.2, 0.25) is 0 Å². The molecule has 0 saturated heterocycles. The summed E-state index contributed by atoms with van der Waals surface area (Å²) < 4.78 is 5.03. The van der Waals surface area contributed by atoms with Gasteiger partial charge in [0.15, 0.2) is 0 Å². The normalized spacial score (nSPS) is 13.3. The predicted octanol–water partition coefficient (Wildman–Crippen LogP) is 2.07. The van der Waals surface area contributed by atoms with Crippen molar-refractivity contribution in [1.29, 1.82) is 0 Å². The van der Waals surface area contributed by atoms with E-state index in [1.807, 2.05) is 0 Å². The fourth-order valence-corrected chi connectivity index (χ4v) is 1.42. The van der Waals surface area contributed by atoms with Crippen LogP contribution in [-0.2, 0) is 0 Å². The topological polar surface area (TPSA) is 33.4 Å². The van der Waals surface area contributed by atoms with Crippen molar-refractivity contribution in [3.8, 4) is 0 Å². The standard InChI is InChI=1S/C8H12O2S/c1-2-11-6-7(9)8-4-3-5-10-8/h3-5,7,9H,2,6H2,1H3. The van der Waals surface area contributed by atoms with Crippen molar-refractivity contribution in [3.63, 3.8) is 0 Å². The zero-order valence-corrected chi connectivity index (χ0v) is 7.30. The summed E-state index contributed by atoms with van der Waals surface area (Å²) in [5.41, 5.74) is 0. The Hall–Kier alpha value is -0.410. The second kappa shape index (κ2) is 4.46. The maximum Gasteiger partial charge on any atom is 0.133 e. The van der Waals surface area contributed by atoms with Gasteiger partial charge in [0, 0.05) is 5.75 Å². The summed E-state index contributed by atoms with van der Waals surface area (Å²) in [4.78, 5) is 0. The van der Waals surface area contributed by atoms with Crippen molar-refractivity contribution < 1.29 is 9.52 Å². The highest BCUT2D eigenvalue weighted by Gasteiger charge is 2.08. The lowest BCUT2D eigenvalue weighted by Crippen LogP contribution is -1.98. The first kappa shape index (κ1) is 8.68. The molecule has 0 aromatic carbocycles. The Kier molecular flexibility index (Phi) is 3.52. The van der Waals surface area contributed by atoms with Crippen LogP contribution in [0.2, 0.25) is 0 Å². The van der Waals surface area contributed by atoms with Crippen molar-refractivity contribution in [2.45, 2.75) is 13.0 Å². The molecule has 62 valence electrons. The van der Waals surface area contributed by atoms with Gasteiger partial charge in [-0.3, -0.25) is 0 Å². The molecule has 1 atom stereocenters. The highest BCUT2D eigenvalue weighted by molar-refractivity contribution is 7.99. The Morgan fingerprint density at radius 2 is 2.55 bits per heavy atom. The number of furan rings is 1. The molecule has 1 aromatic rings. The van der Waals surface area contributed by atoms with Crippen LogP contribution in [0.4, 0.5) is 0 Å². The van der Waals surface area contributed by atoms with Gasteiger partial charge in [-0.1, -0.05) is 6.92 Å². The van der Waals surface area contributed by atoms with E-state index in [2.05, 4.69) is 6.92 Å². The molecule has 3 heteroatoms. The Labute approximate surface area is 70.6 Å². The first-order chi connectivity index (χ1) is 5.34. The number of hydrogen-bond donors (Lipinski definition) is 1. The number of aliphatic hydroxyl groups excluding tert-OH is 1. The van der Waals surface area contributed by atoms with Gasteiger partial charge in [-0.15, -0.1) is 0 Å². The molecule has 0 bridgehead atoms. The van der Waals surface area contributed by atoms with Gasteiger partial charge in [0.25, 0.3) is 0 Å². The van der Waals surface area contributed by atoms with E-state index in [1.54, 1.807) is 30.2 Å². The summed E-state index contributed by atoms with van der Waals surface area (Å²) >= 11 is 1.70. The van der Waals surface area contributed by atoms with E-state index in [0.717, 1.165) is 5.75 Å². The summed E-state index contributed by atoms with van der Waals surface area (Å²) in [6.45, 7) is 2.07. The molecular formula is C8H12O2S. The Bertz CT molecular complexity index is 184. The fourth-order valence-electron chi connectivity index (χ4n) is 0.792. The van der Waals surface area contributed by atoms with Gasteiger partial charge in [-0.2, -0.15) is 11.8 Å². The third-order valence-electron chi connectivity index (χ3n) is 1.35. The largest absolute Gasteiger partial charge is 0.467 e. The van der Waals surface area contributed by atoms with E-state index in [4.69, 9.17) is 4.42 Å². The highest BCUT2D eigenvalue weighted by atomic mass is 32.2. The van der Waals surface area contributed by atoms with Gasteiger partial charge in [-0.05, 0) is 17.9 Å². The SMILES string of the molecule is CCSCC(O)c1ccco1. The second-order valence-corrected chi connectivity index (χ2v) is 3.51. The average Bonchev–Trinajstić information content (AvgIpc) is 2.52. The van der Waals surface area contributed by atoms with Crippen LogP contribution in [0, 0.1) is 0 Å². The molecule has 1 aromatic heterocycles. The molecule has 0 amide bonds. The van der Waals surface area contributed by atoms with E-state index in [-0.39, 0.29) is 0 Å². The summed E-state index contributed by atoms with van der Waals surface area (Å²) in [5, 5.41) is 9.43. The van der Waals surface area contributed by atoms with Gasteiger partial charge < -0.3 is 9.52 Å². The maximum atomic E-state index is 9.43. The van der Waals surface area contributed by atoms with Crippen LogP contribution >= 0.6 is 11.8 Å². The molecule has 1 heterocycles. The van der Waals surface area contributed by atoms with Gasteiger partial charge in [0.1, 0.15) is 11.9 Å². The summed E-state index contributed by atoms with van der Waals surface area (Å²) in [6, 6.07) is 3.58. The number of hydrogen-bond acceptors (Lipinski definition) is 3. The molecule has 0 saturated carbocycles. The minimum atomic E-state index is -0.449. The molecule has 0 aliphatic carbocycles. The van der Waals surface area contributed by atoms with Crippen LogP contribution in [0.15, 0.2) is 22.8 Å². The Balaban J connectivity index is 2.36. The molecule has 0 spiro atoms.